The van der Waals surface area contributed by atoms with Gasteiger partial charge in [-0.2, -0.15) is 0 Å². The van der Waals surface area contributed by atoms with Gasteiger partial charge in [-0.25, -0.2) is 0 Å². The Morgan fingerprint density at radius 1 is 1.05 bits per heavy atom. The predicted molar refractivity (Wildman–Crippen MR) is 81.6 cm³/mol. The number of amides is 1. The van der Waals surface area contributed by atoms with Crippen LogP contribution >= 0.6 is 0 Å². The molecular formula is C17H19NO3. The minimum Gasteiger partial charge on any atom is -0.497 e. The van der Waals surface area contributed by atoms with Crippen molar-refractivity contribution >= 4 is 5.91 Å². The molecule has 110 valence electrons. The molecule has 0 aromatic heterocycles. The van der Waals surface area contributed by atoms with Crippen molar-refractivity contribution in [1.29, 1.82) is 0 Å². The molecular weight excluding hydrogens is 266 g/mol. The Bertz CT molecular complexity index is 588. The molecule has 21 heavy (non-hydrogen) atoms. The number of carbonyl (C=O) groups is 1. The third-order valence-corrected chi connectivity index (χ3v) is 3.40. The van der Waals surface area contributed by atoms with Crippen LogP contribution in [-0.2, 0) is 11.2 Å². The van der Waals surface area contributed by atoms with E-state index in [0.29, 0.717) is 17.9 Å². The van der Waals surface area contributed by atoms with Crippen molar-refractivity contribution in [1.82, 2.24) is 0 Å². The van der Waals surface area contributed by atoms with Crippen molar-refractivity contribution in [3.05, 3.63) is 59.7 Å². The van der Waals surface area contributed by atoms with E-state index in [9.17, 15) is 4.79 Å². The number of methoxy groups -OCH3 is 2. The van der Waals surface area contributed by atoms with E-state index in [4.69, 9.17) is 15.2 Å². The molecule has 2 aromatic rings. The van der Waals surface area contributed by atoms with Crippen LogP contribution in [0, 0.1) is 0 Å². The van der Waals surface area contributed by atoms with Crippen LogP contribution in [0.5, 0.6) is 11.5 Å². The Balaban J connectivity index is 2.31. The minimum absolute atomic E-state index is 0.344. The predicted octanol–water partition coefficient (Wildman–Crippen LogP) is 2.52. The second kappa shape index (κ2) is 6.79. The quantitative estimate of drug-likeness (QED) is 0.887. The average Bonchev–Trinajstić information content (AvgIpc) is 2.52. The number of hydrogen-bond donors (Lipinski definition) is 1. The number of rotatable bonds is 6. The Morgan fingerprint density at radius 3 is 2.10 bits per heavy atom. The van der Waals surface area contributed by atoms with E-state index < -0.39 is 0 Å². The maximum atomic E-state index is 11.8. The van der Waals surface area contributed by atoms with Gasteiger partial charge in [-0.3, -0.25) is 4.79 Å². The van der Waals surface area contributed by atoms with Gasteiger partial charge in [0.2, 0.25) is 5.91 Å². The molecule has 1 unspecified atom stereocenters. The maximum absolute atomic E-state index is 11.8. The first-order valence-corrected chi connectivity index (χ1v) is 6.70. The highest BCUT2D eigenvalue weighted by molar-refractivity contribution is 5.82. The molecule has 0 aliphatic heterocycles. The smallest absolute Gasteiger partial charge is 0.225 e. The number of primary amides is 1. The lowest BCUT2D eigenvalue weighted by molar-refractivity contribution is -0.119. The average molecular weight is 285 g/mol. The van der Waals surface area contributed by atoms with Crippen LogP contribution in [0.15, 0.2) is 48.5 Å². The van der Waals surface area contributed by atoms with Crippen molar-refractivity contribution in [3.63, 3.8) is 0 Å². The van der Waals surface area contributed by atoms with E-state index >= 15 is 0 Å². The lowest BCUT2D eigenvalue weighted by atomic mass is 9.91. The van der Waals surface area contributed by atoms with Gasteiger partial charge in [0.1, 0.15) is 11.5 Å². The zero-order chi connectivity index (χ0) is 15.2. The molecule has 0 saturated heterocycles. The van der Waals surface area contributed by atoms with Crippen molar-refractivity contribution in [2.24, 2.45) is 5.73 Å². The topological polar surface area (TPSA) is 61.5 Å². The third kappa shape index (κ3) is 3.75. The fourth-order valence-corrected chi connectivity index (χ4v) is 2.29. The van der Waals surface area contributed by atoms with Crippen LogP contribution in [0.2, 0.25) is 0 Å². The van der Waals surface area contributed by atoms with Crippen LogP contribution in [-0.4, -0.2) is 20.1 Å². The van der Waals surface area contributed by atoms with Gasteiger partial charge in [-0.15, -0.1) is 0 Å². The summed E-state index contributed by atoms with van der Waals surface area (Å²) in [6, 6.07) is 15.1. The summed E-state index contributed by atoms with van der Waals surface area (Å²) in [6.07, 6.45) is 0.507. The summed E-state index contributed by atoms with van der Waals surface area (Å²) in [6.45, 7) is 0. The first-order chi connectivity index (χ1) is 10.1. The van der Waals surface area contributed by atoms with E-state index in [-0.39, 0.29) is 11.8 Å². The van der Waals surface area contributed by atoms with Crippen LogP contribution < -0.4 is 15.2 Å². The van der Waals surface area contributed by atoms with E-state index in [0.717, 1.165) is 11.1 Å². The molecule has 2 rings (SSSR count). The first kappa shape index (κ1) is 14.9. The summed E-state index contributed by atoms with van der Waals surface area (Å²) in [7, 11) is 3.20. The second-order valence-corrected chi connectivity index (χ2v) is 4.79. The van der Waals surface area contributed by atoms with Crippen molar-refractivity contribution in [2.45, 2.75) is 12.3 Å². The second-order valence-electron chi connectivity index (χ2n) is 4.79. The zero-order valence-corrected chi connectivity index (χ0v) is 12.2. The van der Waals surface area contributed by atoms with Gasteiger partial charge >= 0.3 is 0 Å². The van der Waals surface area contributed by atoms with Gasteiger partial charge < -0.3 is 15.2 Å². The molecule has 0 saturated carbocycles. The van der Waals surface area contributed by atoms with Crippen LogP contribution in [0.1, 0.15) is 17.0 Å². The summed E-state index contributed by atoms with van der Waals surface area (Å²) in [5.41, 5.74) is 7.41. The highest BCUT2D eigenvalue weighted by Crippen LogP contribution is 2.27. The van der Waals surface area contributed by atoms with E-state index in [2.05, 4.69) is 0 Å². The fourth-order valence-electron chi connectivity index (χ4n) is 2.29. The lowest BCUT2D eigenvalue weighted by Gasteiger charge is -2.15. The summed E-state index contributed by atoms with van der Waals surface area (Å²) in [5, 5.41) is 0. The van der Waals surface area contributed by atoms with E-state index in [1.165, 1.54) is 0 Å². The molecule has 0 bridgehead atoms. The van der Waals surface area contributed by atoms with Crippen molar-refractivity contribution in [2.75, 3.05) is 14.2 Å². The fraction of sp³-hybridized carbons (Fsp3) is 0.235. The van der Waals surface area contributed by atoms with Crippen LogP contribution in [0.3, 0.4) is 0 Å². The SMILES string of the molecule is COc1cc(CC(C(N)=O)c2ccccc2)cc(OC)c1. The molecule has 0 radical (unpaired) electrons. The number of hydrogen-bond acceptors (Lipinski definition) is 3. The molecule has 1 amide bonds. The normalized spacial score (nSPS) is 11.7. The lowest BCUT2D eigenvalue weighted by Crippen LogP contribution is -2.23. The Morgan fingerprint density at radius 2 is 1.62 bits per heavy atom. The molecule has 0 spiro atoms. The number of benzene rings is 2. The summed E-state index contributed by atoms with van der Waals surface area (Å²) in [4.78, 5) is 11.8. The largest absolute Gasteiger partial charge is 0.497 e. The Labute approximate surface area is 124 Å². The highest BCUT2D eigenvalue weighted by atomic mass is 16.5. The number of nitrogens with two attached hydrogens (primary N) is 1. The molecule has 0 fully saturated rings. The number of ether oxygens (including phenoxy) is 2. The van der Waals surface area contributed by atoms with Crippen LogP contribution in [0.4, 0.5) is 0 Å². The molecule has 4 heteroatoms. The van der Waals surface area contributed by atoms with Gasteiger partial charge in [0.15, 0.2) is 0 Å². The van der Waals surface area contributed by atoms with Gasteiger partial charge in [-0.1, -0.05) is 30.3 Å². The zero-order valence-electron chi connectivity index (χ0n) is 12.2. The summed E-state index contributed by atoms with van der Waals surface area (Å²) >= 11 is 0. The van der Waals surface area contributed by atoms with Crippen molar-refractivity contribution < 1.29 is 14.3 Å². The van der Waals surface area contributed by atoms with Gasteiger partial charge in [-0.05, 0) is 29.7 Å². The summed E-state index contributed by atoms with van der Waals surface area (Å²) < 4.78 is 10.5. The Hall–Kier alpha value is -2.49. The third-order valence-electron chi connectivity index (χ3n) is 3.40. The molecule has 2 aromatic carbocycles. The maximum Gasteiger partial charge on any atom is 0.225 e. The molecule has 1 atom stereocenters. The molecule has 2 N–H and O–H groups in total. The highest BCUT2D eigenvalue weighted by Gasteiger charge is 2.19. The minimum atomic E-state index is -0.372. The molecule has 4 nitrogen and oxygen atoms in total. The van der Waals surface area contributed by atoms with Crippen molar-refractivity contribution in [3.8, 4) is 11.5 Å². The van der Waals surface area contributed by atoms with E-state index in [1.807, 2.05) is 42.5 Å². The number of carbonyl (C=O) groups excluding carboxylic acids is 1. The van der Waals surface area contributed by atoms with Gasteiger partial charge in [0.25, 0.3) is 0 Å². The molecule has 0 aliphatic carbocycles. The standard InChI is InChI=1S/C17H19NO3/c1-20-14-8-12(9-15(11-14)21-2)10-16(17(18)19)13-6-4-3-5-7-13/h3-9,11,16H,10H2,1-2H3,(H2,18,19). The summed E-state index contributed by atoms with van der Waals surface area (Å²) in [5.74, 6) is 0.673. The van der Waals surface area contributed by atoms with E-state index in [1.54, 1.807) is 20.3 Å². The molecule has 0 heterocycles. The Kier molecular flexibility index (Phi) is 4.82. The van der Waals surface area contributed by atoms with Gasteiger partial charge in [0, 0.05) is 6.07 Å². The van der Waals surface area contributed by atoms with Gasteiger partial charge in [0.05, 0.1) is 20.1 Å². The van der Waals surface area contributed by atoms with Crippen LogP contribution in [0.25, 0.3) is 0 Å². The monoisotopic (exact) mass is 285 g/mol. The molecule has 0 aliphatic rings. The first-order valence-electron chi connectivity index (χ1n) is 6.70.